The van der Waals surface area contributed by atoms with Crippen LogP contribution in [0.4, 0.5) is 17.6 Å². The monoisotopic (exact) mass is 573 g/mol. The number of thiazole rings is 1. The Morgan fingerprint density at radius 2 is 1.78 bits per heavy atom. The maximum absolute atomic E-state index is 12.4. The number of hydrogen-bond donors (Lipinski definition) is 1. The highest BCUT2D eigenvalue weighted by molar-refractivity contribution is 7.21. The van der Waals surface area contributed by atoms with Crippen molar-refractivity contribution in [1.29, 1.82) is 0 Å². The minimum atomic E-state index is -0.0417. The molecule has 11 nitrogen and oxygen atoms in total. The molecular formula is C29H35N9O2S. The number of pyridine rings is 1. The van der Waals surface area contributed by atoms with Crippen molar-refractivity contribution < 1.29 is 9.59 Å². The fraction of sp³-hybridized carbons (Fsp3) is 0.379. The van der Waals surface area contributed by atoms with E-state index in [0.717, 1.165) is 65.8 Å². The molecule has 0 bridgehead atoms. The van der Waals surface area contributed by atoms with Gasteiger partial charge in [-0.3, -0.25) is 14.5 Å². The molecule has 1 N–H and O–H groups in total. The average molecular weight is 574 g/mol. The lowest BCUT2D eigenvalue weighted by atomic mass is 10.1. The molecule has 1 aromatic carbocycles. The smallest absolute Gasteiger partial charge is 0.253 e. The first-order valence-corrected chi connectivity index (χ1v) is 14.4. The number of benzene rings is 1. The van der Waals surface area contributed by atoms with E-state index in [1.54, 1.807) is 42.2 Å². The molecule has 214 valence electrons. The molecule has 5 rings (SSSR count). The Balaban J connectivity index is 1.27. The first-order chi connectivity index (χ1) is 19.7. The van der Waals surface area contributed by atoms with Crippen LogP contribution in [0.1, 0.15) is 23.0 Å². The highest BCUT2D eigenvalue weighted by Gasteiger charge is 2.20. The molecule has 41 heavy (non-hydrogen) atoms. The number of aryl methyl sites for hydroxylation is 1. The molecule has 4 aromatic rings. The second kappa shape index (κ2) is 12.1. The van der Waals surface area contributed by atoms with Crippen LogP contribution in [0.3, 0.4) is 0 Å². The van der Waals surface area contributed by atoms with Gasteiger partial charge >= 0.3 is 0 Å². The molecule has 0 saturated carbocycles. The Bertz CT molecular complexity index is 1560. The third-order valence-electron chi connectivity index (χ3n) is 7.08. The molecule has 0 atom stereocenters. The second-order valence-electron chi connectivity index (χ2n) is 10.4. The maximum Gasteiger partial charge on any atom is 0.253 e. The molecule has 1 aliphatic rings. The summed E-state index contributed by atoms with van der Waals surface area (Å²) in [6, 6.07) is 11.4. The number of piperazine rings is 1. The molecule has 1 saturated heterocycles. The first-order valence-electron chi connectivity index (χ1n) is 13.6. The quantitative estimate of drug-likeness (QED) is 0.339. The molecule has 4 heterocycles. The van der Waals surface area contributed by atoms with E-state index in [-0.39, 0.29) is 11.8 Å². The number of likely N-dealkylation sites (N-methyl/N-ethyl adjacent to an activating group) is 1. The van der Waals surface area contributed by atoms with Crippen LogP contribution in [0.15, 0.2) is 42.6 Å². The number of carbonyl (C=O) groups is 2. The summed E-state index contributed by atoms with van der Waals surface area (Å²) in [4.78, 5) is 50.7. The minimum absolute atomic E-state index is 0.0417. The van der Waals surface area contributed by atoms with E-state index in [1.807, 2.05) is 56.6 Å². The van der Waals surface area contributed by atoms with E-state index in [4.69, 9.17) is 9.97 Å². The van der Waals surface area contributed by atoms with E-state index in [1.165, 1.54) is 0 Å². The first kappa shape index (κ1) is 28.4. The van der Waals surface area contributed by atoms with E-state index >= 15 is 0 Å². The van der Waals surface area contributed by atoms with Gasteiger partial charge in [0, 0.05) is 102 Å². The van der Waals surface area contributed by atoms with Gasteiger partial charge in [-0.1, -0.05) is 12.1 Å². The number of carbonyl (C=O) groups excluding carboxylic acids is 2. The van der Waals surface area contributed by atoms with E-state index in [2.05, 4.69) is 25.1 Å². The predicted octanol–water partition coefficient (Wildman–Crippen LogP) is 3.50. The summed E-state index contributed by atoms with van der Waals surface area (Å²) in [5.74, 6) is 2.06. The number of hydrogen-bond acceptors (Lipinski definition) is 10. The molecule has 1 aliphatic heterocycles. The lowest BCUT2D eigenvalue weighted by molar-refractivity contribution is -0.127. The molecule has 1 fully saturated rings. The summed E-state index contributed by atoms with van der Waals surface area (Å²) in [6.45, 7) is 8.56. The molecule has 0 unspecified atom stereocenters. The van der Waals surface area contributed by atoms with Gasteiger partial charge in [-0.2, -0.15) is 4.98 Å². The Morgan fingerprint density at radius 1 is 1.00 bits per heavy atom. The van der Waals surface area contributed by atoms with Gasteiger partial charge in [0.15, 0.2) is 0 Å². The highest BCUT2D eigenvalue weighted by atomic mass is 32.1. The van der Waals surface area contributed by atoms with Gasteiger partial charge in [0.05, 0.1) is 10.2 Å². The van der Waals surface area contributed by atoms with Crippen molar-refractivity contribution in [3.8, 4) is 10.6 Å². The zero-order valence-corrected chi connectivity index (χ0v) is 24.9. The van der Waals surface area contributed by atoms with Crippen molar-refractivity contribution in [3.63, 3.8) is 0 Å². The highest BCUT2D eigenvalue weighted by Crippen LogP contribution is 2.32. The molecule has 3 aromatic heterocycles. The van der Waals surface area contributed by atoms with E-state index in [9.17, 15) is 9.59 Å². The zero-order valence-electron chi connectivity index (χ0n) is 24.1. The summed E-state index contributed by atoms with van der Waals surface area (Å²) in [6.07, 6.45) is 1.81. The van der Waals surface area contributed by atoms with Crippen molar-refractivity contribution in [2.24, 2.45) is 0 Å². The summed E-state index contributed by atoms with van der Waals surface area (Å²) in [5.41, 5.74) is 3.22. The third-order valence-corrected chi connectivity index (χ3v) is 8.14. The van der Waals surface area contributed by atoms with Crippen molar-refractivity contribution in [3.05, 3.63) is 53.9 Å². The van der Waals surface area contributed by atoms with Crippen LogP contribution in [-0.2, 0) is 4.79 Å². The zero-order chi connectivity index (χ0) is 29.1. The molecule has 0 spiro atoms. The summed E-state index contributed by atoms with van der Waals surface area (Å²) in [5, 5.41) is 4.16. The van der Waals surface area contributed by atoms with Crippen molar-refractivity contribution in [2.45, 2.75) is 13.8 Å². The summed E-state index contributed by atoms with van der Waals surface area (Å²) in [7, 11) is 5.32. The van der Waals surface area contributed by atoms with Crippen LogP contribution in [0.5, 0.6) is 0 Å². The Kier molecular flexibility index (Phi) is 8.41. The topological polar surface area (TPSA) is 111 Å². The predicted molar refractivity (Wildman–Crippen MR) is 163 cm³/mol. The van der Waals surface area contributed by atoms with Gasteiger partial charge in [-0.05, 0) is 19.1 Å². The van der Waals surface area contributed by atoms with Crippen molar-refractivity contribution in [1.82, 2.24) is 34.6 Å². The number of rotatable bonds is 8. The molecule has 2 amide bonds. The Morgan fingerprint density at radius 3 is 2.51 bits per heavy atom. The lowest BCUT2D eigenvalue weighted by Gasteiger charge is -2.35. The van der Waals surface area contributed by atoms with Crippen molar-refractivity contribution >= 4 is 51.0 Å². The van der Waals surface area contributed by atoms with Crippen molar-refractivity contribution in [2.75, 3.05) is 70.6 Å². The normalized spacial score (nSPS) is 13.8. The van der Waals surface area contributed by atoms with Gasteiger partial charge in [0.25, 0.3) is 5.91 Å². The van der Waals surface area contributed by atoms with Gasteiger partial charge in [-0.15, -0.1) is 11.3 Å². The molecule has 0 radical (unpaired) electrons. The Hall–Kier alpha value is -4.16. The van der Waals surface area contributed by atoms with Crippen LogP contribution in [0, 0.1) is 6.92 Å². The number of amides is 2. The number of fused-ring (bicyclic) bond motifs is 1. The van der Waals surface area contributed by atoms with Gasteiger partial charge in [0.1, 0.15) is 16.6 Å². The molecule has 0 aliphatic carbocycles. The second-order valence-corrected chi connectivity index (χ2v) is 11.5. The maximum atomic E-state index is 12.4. The van der Waals surface area contributed by atoms with Crippen LogP contribution >= 0.6 is 11.3 Å². The minimum Gasteiger partial charge on any atom is -0.345 e. The fourth-order valence-corrected chi connectivity index (χ4v) is 5.49. The van der Waals surface area contributed by atoms with Crippen LogP contribution in [0.2, 0.25) is 0 Å². The molecular weight excluding hydrogens is 538 g/mol. The molecule has 12 heteroatoms. The third kappa shape index (κ3) is 6.77. The van der Waals surface area contributed by atoms with Crippen LogP contribution in [-0.4, -0.2) is 107 Å². The summed E-state index contributed by atoms with van der Waals surface area (Å²) < 4.78 is 0.960. The number of nitrogens with zero attached hydrogens (tertiary/aromatic N) is 8. The Labute approximate surface area is 243 Å². The number of aromatic nitrogens is 4. The fourth-order valence-electron chi connectivity index (χ4n) is 4.58. The van der Waals surface area contributed by atoms with Crippen LogP contribution in [0.25, 0.3) is 20.8 Å². The average Bonchev–Trinajstić information content (AvgIpc) is 3.39. The number of nitrogens with one attached hydrogen (secondary N) is 1. The van der Waals surface area contributed by atoms with Crippen LogP contribution < -0.4 is 10.2 Å². The van der Waals surface area contributed by atoms with Gasteiger partial charge < -0.3 is 20.0 Å². The van der Waals surface area contributed by atoms with E-state index in [0.29, 0.717) is 23.1 Å². The lowest BCUT2D eigenvalue weighted by Crippen LogP contribution is -2.49. The SMILES string of the molecule is CC(=O)N(C)CCN1CCN(c2nc(C)cc(Nc3cc4nc(-c5cccc(C(=O)N(C)C)c5)sc4cn3)n2)CC1. The summed E-state index contributed by atoms with van der Waals surface area (Å²) >= 11 is 1.54. The number of anilines is 3. The van der Waals surface area contributed by atoms with Gasteiger partial charge in [0.2, 0.25) is 11.9 Å². The standard InChI is InChI=1S/C29H35N9O2S/c1-19-15-26(34-29(31-19)38-13-11-37(12-14-38)10-9-36(5)20(2)39)33-25-17-23-24(18-30-25)41-27(32-23)21-7-6-8-22(16-21)28(40)35(3)4/h6-8,15-18H,9-14H2,1-5H3,(H,30,31,33,34). The van der Waals surface area contributed by atoms with Gasteiger partial charge in [-0.25, -0.2) is 15.0 Å². The largest absolute Gasteiger partial charge is 0.345 e. The van der Waals surface area contributed by atoms with E-state index < -0.39 is 0 Å².